The second-order valence-corrected chi connectivity index (χ2v) is 7.17. The lowest BCUT2D eigenvalue weighted by atomic mass is 9.84. The SMILES string of the molecule is COc1ccc(C2(O)CCN(CCCCn3cc(Cl)cn3)CC2)cc1. The predicted molar refractivity (Wildman–Crippen MR) is 99.0 cm³/mol. The Balaban J connectivity index is 1.41. The molecule has 1 aromatic heterocycles. The van der Waals surface area contributed by atoms with Crippen LogP contribution in [0.25, 0.3) is 0 Å². The van der Waals surface area contributed by atoms with Crippen LogP contribution in [-0.2, 0) is 12.1 Å². The molecule has 2 aromatic rings. The summed E-state index contributed by atoms with van der Waals surface area (Å²) in [5.41, 5.74) is 0.276. The van der Waals surface area contributed by atoms with Crippen LogP contribution in [0.2, 0.25) is 5.02 Å². The van der Waals surface area contributed by atoms with Crippen LogP contribution in [0, 0.1) is 0 Å². The Kier molecular flexibility index (Phi) is 5.99. The zero-order valence-corrected chi connectivity index (χ0v) is 15.5. The van der Waals surface area contributed by atoms with Gasteiger partial charge in [0.1, 0.15) is 5.75 Å². The highest BCUT2D eigenvalue weighted by molar-refractivity contribution is 6.30. The average molecular weight is 364 g/mol. The third-order valence-electron chi connectivity index (χ3n) is 5.02. The molecule has 0 atom stereocenters. The summed E-state index contributed by atoms with van der Waals surface area (Å²) < 4.78 is 7.08. The molecular formula is C19H26ClN3O2. The van der Waals surface area contributed by atoms with Crippen LogP contribution in [0.5, 0.6) is 5.75 Å². The van der Waals surface area contributed by atoms with E-state index >= 15 is 0 Å². The summed E-state index contributed by atoms with van der Waals surface area (Å²) >= 11 is 5.87. The third kappa shape index (κ3) is 4.75. The van der Waals surface area contributed by atoms with Gasteiger partial charge in [-0.1, -0.05) is 23.7 Å². The fourth-order valence-corrected chi connectivity index (χ4v) is 3.56. The van der Waals surface area contributed by atoms with Crippen molar-refractivity contribution in [2.24, 2.45) is 0 Å². The summed E-state index contributed by atoms with van der Waals surface area (Å²) in [5, 5.41) is 15.8. The topological polar surface area (TPSA) is 50.5 Å². The highest BCUT2D eigenvalue weighted by Gasteiger charge is 2.33. The van der Waals surface area contributed by atoms with Crippen molar-refractivity contribution in [2.45, 2.75) is 37.8 Å². The summed E-state index contributed by atoms with van der Waals surface area (Å²) in [4.78, 5) is 2.44. The summed E-state index contributed by atoms with van der Waals surface area (Å²) in [6, 6.07) is 7.79. The van der Waals surface area contributed by atoms with Crippen molar-refractivity contribution in [3.05, 3.63) is 47.2 Å². The lowest BCUT2D eigenvalue weighted by Gasteiger charge is -2.38. The number of piperidine rings is 1. The van der Waals surface area contributed by atoms with E-state index in [0.29, 0.717) is 5.02 Å². The largest absolute Gasteiger partial charge is 0.497 e. The molecule has 0 saturated carbocycles. The average Bonchev–Trinajstić information content (AvgIpc) is 3.06. The van der Waals surface area contributed by atoms with Crippen molar-refractivity contribution < 1.29 is 9.84 Å². The van der Waals surface area contributed by atoms with Crippen LogP contribution < -0.4 is 4.74 Å². The molecule has 0 aliphatic carbocycles. The molecule has 1 N–H and O–H groups in total. The Labute approximate surface area is 154 Å². The van der Waals surface area contributed by atoms with Crippen molar-refractivity contribution >= 4 is 11.6 Å². The van der Waals surface area contributed by atoms with E-state index < -0.39 is 5.60 Å². The van der Waals surface area contributed by atoms with E-state index in [-0.39, 0.29) is 0 Å². The molecule has 6 heteroatoms. The standard InChI is InChI=1S/C19H26ClN3O2/c1-25-18-6-4-16(5-7-18)19(24)8-12-22(13-9-19)10-2-3-11-23-15-17(20)14-21-23/h4-7,14-15,24H,2-3,8-13H2,1H3. The Hall–Kier alpha value is -1.56. The first kappa shape index (κ1) is 18.2. The highest BCUT2D eigenvalue weighted by atomic mass is 35.5. The maximum atomic E-state index is 11.0. The van der Waals surface area contributed by atoms with E-state index in [0.717, 1.165) is 63.2 Å². The number of ether oxygens (including phenoxy) is 1. The Morgan fingerprint density at radius 1 is 1.16 bits per heavy atom. The zero-order valence-electron chi connectivity index (χ0n) is 14.7. The van der Waals surface area contributed by atoms with Crippen molar-refractivity contribution in [2.75, 3.05) is 26.7 Å². The summed E-state index contributed by atoms with van der Waals surface area (Å²) in [6.45, 7) is 3.82. The summed E-state index contributed by atoms with van der Waals surface area (Å²) in [6.07, 6.45) is 7.28. The van der Waals surface area contributed by atoms with E-state index in [1.165, 1.54) is 0 Å². The number of likely N-dealkylation sites (tertiary alicyclic amines) is 1. The van der Waals surface area contributed by atoms with Gasteiger partial charge in [0.05, 0.1) is 23.9 Å². The van der Waals surface area contributed by atoms with Gasteiger partial charge in [-0.15, -0.1) is 0 Å². The molecule has 5 nitrogen and oxygen atoms in total. The van der Waals surface area contributed by atoms with Crippen molar-refractivity contribution in [3.8, 4) is 5.75 Å². The molecule has 0 spiro atoms. The van der Waals surface area contributed by atoms with E-state index in [4.69, 9.17) is 16.3 Å². The van der Waals surface area contributed by atoms with Crippen LogP contribution in [0.15, 0.2) is 36.7 Å². The number of aryl methyl sites for hydroxylation is 1. The van der Waals surface area contributed by atoms with Gasteiger partial charge in [0.2, 0.25) is 0 Å². The molecule has 1 saturated heterocycles. The van der Waals surface area contributed by atoms with E-state index in [2.05, 4.69) is 10.00 Å². The first-order valence-electron chi connectivity index (χ1n) is 8.86. The molecule has 0 bridgehead atoms. The lowest BCUT2D eigenvalue weighted by Crippen LogP contribution is -2.42. The Morgan fingerprint density at radius 3 is 2.44 bits per heavy atom. The van der Waals surface area contributed by atoms with Crippen molar-refractivity contribution in [3.63, 3.8) is 0 Å². The van der Waals surface area contributed by atoms with Gasteiger partial charge >= 0.3 is 0 Å². The first-order valence-corrected chi connectivity index (χ1v) is 9.24. The first-order chi connectivity index (χ1) is 12.1. The van der Waals surface area contributed by atoms with Gasteiger partial charge < -0.3 is 14.7 Å². The molecule has 0 amide bonds. The van der Waals surface area contributed by atoms with Crippen LogP contribution >= 0.6 is 11.6 Å². The molecule has 1 aliphatic heterocycles. The van der Waals surface area contributed by atoms with E-state index in [1.54, 1.807) is 13.3 Å². The fraction of sp³-hybridized carbons (Fsp3) is 0.526. The Morgan fingerprint density at radius 2 is 1.84 bits per heavy atom. The molecule has 0 radical (unpaired) electrons. The molecule has 1 aromatic carbocycles. The molecule has 0 unspecified atom stereocenters. The van der Waals surface area contributed by atoms with Crippen molar-refractivity contribution in [1.82, 2.24) is 14.7 Å². The number of aromatic nitrogens is 2. The number of hydrogen-bond acceptors (Lipinski definition) is 4. The van der Waals surface area contributed by atoms with Gasteiger partial charge in [0.15, 0.2) is 0 Å². The predicted octanol–water partition coefficient (Wildman–Crippen LogP) is 3.31. The maximum absolute atomic E-state index is 11.0. The minimum atomic E-state index is -0.714. The zero-order chi connectivity index (χ0) is 17.7. The second-order valence-electron chi connectivity index (χ2n) is 6.73. The van der Waals surface area contributed by atoms with Gasteiger partial charge in [0.25, 0.3) is 0 Å². The molecule has 1 aliphatic rings. The number of benzene rings is 1. The summed E-state index contributed by atoms with van der Waals surface area (Å²) in [7, 11) is 1.66. The number of aliphatic hydroxyl groups is 1. The molecule has 1 fully saturated rings. The minimum absolute atomic E-state index is 0.689. The van der Waals surface area contributed by atoms with Crippen molar-refractivity contribution in [1.29, 1.82) is 0 Å². The fourth-order valence-electron chi connectivity index (χ4n) is 3.41. The second kappa shape index (κ2) is 8.21. The number of hydrogen-bond donors (Lipinski definition) is 1. The van der Waals surface area contributed by atoms with E-state index in [1.807, 2.05) is 35.1 Å². The van der Waals surface area contributed by atoms with Crippen LogP contribution in [0.1, 0.15) is 31.2 Å². The third-order valence-corrected chi connectivity index (χ3v) is 5.22. The molecular weight excluding hydrogens is 338 g/mol. The normalized spacial score (nSPS) is 17.6. The highest BCUT2D eigenvalue weighted by Crippen LogP contribution is 2.33. The van der Waals surface area contributed by atoms with Crippen LogP contribution in [0.3, 0.4) is 0 Å². The number of halogens is 1. The van der Waals surface area contributed by atoms with Gasteiger partial charge in [-0.25, -0.2) is 0 Å². The number of unbranched alkanes of at least 4 members (excludes halogenated alkanes) is 1. The quantitative estimate of drug-likeness (QED) is 0.767. The lowest BCUT2D eigenvalue weighted by molar-refractivity contribution is -0.0261. The molecule has 3 rings (SSSR count). The maximum Gasteiger partial charge on any atom is 0.118 e. The number of nitrogens with zero attached hydrogens (tertiary/aromatic N) is 3. The number of rotatable bonds is 7. The van der Waals surface area contributed by atoms with Gasteiger partial charge in [-0.2, -0.15) is 5.10 Å². The Bertz CT molecular complexity index is 664. The van der Waals surface area contributed by atoms with Crippen LogP contribution in [0.4, 0.5) is 0 Å². The molecule has 136 valence electrons. The smallest absolute Gasteiger partial charge is 0.118 e. The monoisotopic (exact) mass is 363 g/mol. The number of methoxy groups -OCH3 is 1. The van der Waals surface area contributed by atoms with Gasteiger partial charge in [-0.3, -0.25) is 4.68 Å². The van der Waals surface area contributed by atoms with Gasteiger partial charge in [-0.05, 0) is 49.9 Å². The molecule has 25 heavy (non-hydrogen) atoms. The van der Waals surface area contributed by atoms with Gasteiger partial charge in [0, 0.05) is 25.8 Å². The van der Waals surface area contributed by atoms with E-state index in [9.17, 15) is 5.11 Å². The summed E-state index contributed by atoms with van der Waals surface area (Å²) in [5.74, 6) is 0.822. The van der Waals surface area contributed by atoms with Crippen LogP contribution in [-0.4, -0.2) is 46.5 Å². The minimum Gasteiger partial charge on any atom is -0.497 e. The molecule has 2 heterocycles.